The summed E-state index contributed by atoms with van der Waals surface area (Å²) >= 11 is 0. The Morgan fingerprint density at radius 1 is 1.24 bits per heavy atom. The van der Waals surface area contributed by atoms with E-state index in [2.05, 4.69) is 51.7 Å². The van der Waals surface area contributed by atoms with Crippen LogP contribution in [0.15, 0.2) is 18.3 Å². The Morgan fingerprint density at radius 3 is 2.24 bits per heavy atom. The molecule has 2 N–H and O–H groups in total. The lowest BCUT2D eigenvalue weighted by molar-refractivity contribution is 0.457. The zero-order valence-corrected chi connectivity index (χ0v) is 11.6. The molecule has 0 radical (unpaired) electrons. The molecule has 1 saturated carbocycles. The Morgan fingerprint density at radius 2 is 1.82 bits per heavy atom. The van der Waals surface area contributed by atoms with Crippen molar-refractivity contribution in [3.63, 3.8) is 0 Å². The first-order chi connectivity index (χ1) is 7.76. The van der Waals surface area contributed by atoms with Crippen LogP contribution in [0.4, 0.5) is 0 Å². The topological polar surface area (TPSA) is 38.9 Å². The third-order valence-electron chi connectivity index (χ3n) is 4.98. The van der Waals surface area contributed by atoms with Gasteiger partial charge in [0.05, 0.1) is 0 Å². The van der Waals surface area contributed by atoms with Gasteiger partial charge in [-0.25, -0.2) is 0 Å². The molecule has 94 valence electrons. The van der Waals surface area contributed by atoms with Gasteiger partial charge in [-0.2, -0.15) is 0 Å². The molecule has 2 nitrogen and oxygen atoms in total. The molecule has 0 aliphatic heterocycles. The van der Waals surface area contributed by atoms with Crippen LogP contribution in [-0.4, -0.2) is 11.0 Å². The highest BCUT2D eigenvalue weighted by Gasteiger charge is 2.66. The summed E-state index contributed by atoms with van der Waals surface area (Å²) in [6.07, 6.45) is 2.81. The maximum absolute atomic E-state index is 6.36. The van der Waals surface area contributed by atoms with E-state index >= 15 is 0 Å². The van der Waals surface area contributed by atoms with E-state index in [0.29, 0.717) is 16.7 Å². The van der Waals surface area contributed by atoms with Crippen molar-refractivity contribution in [2.45, 2.75) is 47.1 Å². The summed E-state index contributed by atoms with van der Waals surface area (Å²) in [6.45, 7) is 11.3. The number of nitrogens with zero attached hydrogens (tertiary/aromatic N) is 1. The minimum atomic E-state index is 0.218. The molecular formula is C15H24N2. The maximum atomic E-state index is 6.36. The normalized spacial score (nSPS) is 23.4. The van der Waals surface area contributed by atoms with Gasteiger partial charge < -0.3 is 5.73 Å². The van der Waals surface area contributed by atoms with E-state index in [-0.39, 0.29) is 6.04 Å². The third kappa shape index (κ3) is 1.99. The summed E-state index contributed by atoms with van der Waals surface area (Å²) in [5, 5.41) is 0. The Labute approximate surface area is 105 Å². The molecule has 17 heavy (non-hydrogen) atoms. The molecule has 1 aliphatic carbocycles. The molecule has 1 aromatic heterocycles. The van der Waals surface area contributed by atoms with Gasteiger partial charge in [0.1, 0.15) is 0 Å². The van der Waals surface area contributed by atoms with Crippen molar-refractivity contribution in [3.8, 4) is 0 Å². The van der Waals surface area contributed by atoms with Gasteiger partial charge in [-0.1, -0.05) is 33.8 Å². The molecule has 1 fully saturated rings. The molecule has 0 saturated heterocycles. The van der Waals surface area contributed by atoms with Crippen molar-refractivity contribution in [1.82, 2.24) is 4.98 Å². The Balaban J connectivity index is 2.04. The second kappa shape index (κ2) is 3.81. The number of rotatable bonds is 3. The van der Waals surface area contributed by atoms with E-state index in [0.717, 1.165) is 12.1 Å². The van der Waals surface area contributed by atoms with Gasteiger partial charge in [0.25, 0.3) is 0 Å². The van der Waals surface area contributed by atoms with Crippen LogP contribution in [0.2, 0.25) is 0 Å². The SMILES string of the molecule is Cc1ccc(CC(N)C2C(C)(C)C2(C)C)nc1. The van der Waals surface area contributed by atoms with Crippen molar-refractivity contribution in [3.05, 3.63) is 29.6 Å². The van der Waals surface area contributed by atoms with E-state index < -0.39 is 0 Å². The van der Waals surface area contributed by atoms with Gasteiger partial charge in [0, 0.05) is 24.4 Å². The highest BCUT2D eigenvalue weighted by molar-refractivity contribution is 5.19. The maximum Gasteiger partial charge on any atom is 0.0419 e. The summed E-state index contributed by atoms with van der Waals surface area (Å²) in [5.41, 5.74) is 9.39. The van der Waals surface area contributed by atoms with Crippen LogP contribution < -0.4 is 5.73 Å². The highest BCUT2D eigenvalue weighted by atomic mass is 14.8. The van der Waals surface area contributed by atoms with E-state index in [9.17, 15) is 0 Å². The van der Waals surface area contributed by atoms with E-state index in [1.807, 2.05) is 6.20 Å². The standard InChI is InChI=1S/C15H24N2/c1-10-6-7-11(17-9-10)8-12(16)13-14(2,3)15(13,4)5/h6-7,9,12-13H,8,16H2,1-5H3. The van der Waals surface area contributed by atoms with Crippen LogP contribution >= 0.6 is 0 Å². The van der Waals surface area contributed by atoms with Crippen molar-refractivity contribution in [2.75, 3.05) is 0 Å². The summed E-state index contributed by atoms with van der Waals surface area (Å²) in [6, 6.07) is 4.42. The molecule has 0 bridgehead atoms. The van der Waals surface area contributed by atoms with Gasteiger partial charge in [0.15, 0.2) is 0 Å². The van der Waals surface area contributed by atoms with E-state index in [1.54, 1.807) is 0 Å². The number of pyridine rings is 1. The number of aromatic nitrogens is 1. The molecule has 1 aliphatic rings. The first-order valence-corrected chi connectivity index (χ1v) is 6.44. The molecule has 0 amide bonds. The van der Waals surface area contributed by atoms with Crippen LogP contribution in [0.3, 0.4) is 0 Å². The molecule has 1 unspecified atom stereocenters. The van der Waals surface area contributed by atoms with Crippen molar-refractivity contribution < 1.29 is 0 Å². The fraction of sp³-hybridized carbons (Fsp3) is 0.667. The fourth-order valence-corrected chi connectivity index (χ4v) is 3.30. The predicted octanol–water partition coefficient (Wildman–Crippen LogP) is 2.94. The zero-order valence-electron chi connectivity index (χ0n) is 11.6. The zero-order chi connectivity index (χ0) is 12.8. The van der Waals surface area contributed by atoms with Gasteiger partial charge in [-0.05, 0) is 35.3 Å². The monoisotopic (exact) mass is 232 g/mol. The summed E-state index contributed by atoms with van der Waals surface area (Å²) in [7, 11) is 0. The Kier molecular flexibility index (Phi) is 2.81. The van der Waals surface area contributed by atoms with Gasteiger partial charge in [-0.15, -0.1) is 0 Å². The molecule has 1 aromatic rings. The highest BCUT2D eigenvalue weighted by Crippen LogP contribution is 2.69. The van der Waals surface area contributed by atoms with Crippen molar-refractivity contribution in [1.29, 1.82) is 0 Å². The van der Waals surface area contributed by atoms with Crippen LogP contribution in [0.5, 0.6) is 0 Å². The van der Waals surface area contributed by atoms with Crippen molar-refractivity contribution >= 4 is 0 Å². The third-order valence-corrected chi connectivity index (χ3v) is 4.98. The molecule has 2 heteroatoms. The number of hydrogen-bond acceptors (Lipinski definition) is 2. The van der Waals surface area contributed by atoms with E-state index in [4.69, 9.17) is 5.73 Å². The Hall–Kier alpha value is -0.890. The minimum Gasteiger partial charge on any atom is -0.327 e. The molecular weight excluding hydrogens is 208 g/mol. The first-order valence-electron chi connectivity index (χ1n) is 6.44. The summed E-state index contributed by atoms with van der Waals surface area (Å²) in [4.78, 5) is 4.44. The molecule has 0 spiro atoms. The number of hydrogen-bond donors (Lipinski definition) is 1. The quantitative estimate of drug-likeness (QED) is 0.870. The van der Waals surface area contributed by atoms with E-state index in [1.165, 1.54) is 5.56 Å². The number of aryl methyl sites for hydroxylation is 1. The smallest absolute Gasteiger partial charge is 0.0419 e. The molecule has 0 aromatic carbocycles. The second-order valence-corrected chi connectivity index (χ2v) is 6.62. The number of nitrogens with two attached hydrogens (primary N) is 1. The fourth-order valence-electron chi connectivity index (χ4n) is 3.30. The molecule has 2 rings (SSSR count). The van der Waals surface area contributed by atoms with Gasteiger partial charge in [0.2, 0.25) is 0 Å². The molecule has 1 atom stereocenters. The lowest BCUT2D eigenvalue weighted by atomic mass is 10.0. The minimum absolute atomic E-state index is 0.218. The van der Waals surface area contributed by atoms with Crippen LogP contribution in [0.1, 0.15) is 39.0 Å². The largest absolute Gasteiger partial charge is 0.327 e. The molecule has 1 heterocycles. The lowest BCUT2D eigenvalue weighted by Crippen LogP contribution is -2.28. The van der Waals surface area contributed by atoms with Gasteiger partial charge in [-0.3, -0.25) is 4.98 Å². The average Bonchev–Trinajstić information content (AvgIpc) is 2.61. The predicted molar refractivity (Wildman–Crippen MR) is 71.7 cm³/mol. The first kappa shape index (κ1) is 12.6. The summed E-state index contributed by atoms with van der Waals surface area (Å²) < 4.78 is 0. The Bertz CT molecular complexity index is 389. The lowest BCUT2D eigenvalue weighted by Gasteiger charge is -2.13. The second-order valence-electron chi connectivity index (χ2n) is 6.62. The van der Waals surface area contributed by atoms with Crippen LogP contribution in [0, 0.1) is 23.7 Å². The average molecular weight is 232 g/mol. The van der Waals surface area contributed by atoms with Crippen molar-refractivity contribution in [2.24, 2.45) is 22.5 Å². The summed E-state index contributed by atoms with van der Waals surface area (Å²) in [5.74, 6) is 0.595. The van der Waals surface area contributed by atoms with Crippen LogP contribution in [0.25, 0.3) is 0 Å². The van der Waals surface area contributed by atoms with Crippen LogP contribution in [-0.2, 0) is 6.42 Å². The van der Waals surface area contributed by atoms with Gasteiger partial charge >= 0.3 is 0 Å².